The second-order valence-electron chi connectivity index (χ2n) is 4.81. The fourth-order valence-electron chi connectivity index (χ4n) is 1.71. The zero-order valence-corrected chi connectivity index (χ0v) is 13.0. The highest BCUT2D eigenvalue weighted by Crippen LogP contribution is 2.16. The molecular formula is C16H27NO4. The van der Waals surface area contributed by atoms with Gasteiger partial charge in [-0.25, -0.2) is 0 Å². The molecule has 1 aromatic carbocycles. The van der Waals surface area contributed by atoms with Gasteiger partial charge in [-0.2, -0.15) is 0 Å². The Labute approximate surface area is 127 Å². The molecule has 1 unspecified atom stereocenters. The minimum Gasteiger partial charge on any atom is -0.497 e. The Bertz CT molecular complexity index is 373. The Kier molecular flexibility index (Phi) is 9.61. The van der Waals surface area contributed by atoms with E-state index in [1.165, 1.54) is 0 Å². The summed E-state index contributed by atoms with van der Waals surface area (Å²) in [4.78, 5) is 0. The second-order valence-corrected chi connectivity index (χ2v) is 4.81. The largest absolute Gasteiger partial charge is 0.497 e. The van der Waals surface area contributed by atoms with Crippen LogP contribution in [0, 0.1) is 0 Å². The number of benzene rings is 1. The molecule has 0 saturated carbocycles. The molecule has 0 saturated heterocycles. The van der Waals surface area contributed by atoms with Gasteiger partial charge in [0.2, 0.25) is 0 Å². The maximum absolute atomic E-state index is 9.82. The molecule has 0 bridgehead atoms. The number of anilines is 1. The number of hydrogen-bond acceptors (Lipinski definition) is 5. The third-order valence-electron chi connectivity index (χ3n) is 2.94. The second kappa shape index (κ2) is 11.4. The van der Waals surface area contributed by atoms with Crippen LogP contribution in [0.2, 0.25) is 0 Å². The number of nitrogens with one attached hydrogen (secondary N) is 1. The van der Waals surface area contributed by atoms with Crippen molar-refractivity contribution in [2.45, 2.75) is 25.9 Å². The minimum atomic E-state index is -0.549. The third-order valence-corrected chi connectivity index (χ3v) is 2.94. The first-order valence-corrected chi connectivity index (χ1v) is 7.47. The third kappa shape index (κ3) is 8.55. The normalized spacial score (nSPS) is 12.1. The Morgan fingerprint density at radius 2 is 2.00 bits per heavy atom. The van der Waals surface area contributed by atoms with Gasteiger partial charge < -0.3 is 24.6 Å². The molecular weight excluding hydrogens is 270 g/mol. The van der Waals surface area contributed by atoms with Crippen LogP contribution in [0.15, 0.2) is 24.3 Å². The number of hydrogen-bond donors (Lipinski definition) is 2. The van der Waals surface area contributed by atoms with Crippen LogP contribution in [-0.4, -0.2) is 51.3 Å². The smallest absolute Gasteiger partial charge is 0.120 e. The van der Waals surface area contributed by atoms with Crippen LogP contribution in [0.25, 0.3) is 0 Å². The highest BCUT2D eigenvalue weighted by atomic mass is 16.5. The summed E-state index contributed by atoms with van der Waals surface area (Å²) in [5.41, 5.74) is 0.913. The molecule has 1 rings (SSSR count). The standard InChI is InChI=1S/C16H27NO4/c1-3-4-8-20-9-10-21-13-15(18)12-17-14-6-5-7-16(11-14)19-2/h5-7,11,15,17-18H,3-4,8-10,12-13H2,1-2H3. The zero-order chi connectivity index (χ0) is 15.3. The molecule has 5 heteroatoms. The monoisotopic (exact) mass is 297 g/mol. The molecule has 2 N–H and O–H groups in total. The molecule has 0 amide bonds. The zero-order valence-electron chi connectivity index (χ0n) is 13.0. The molecule has 0 fully saturated rings. The minimum absolute atomic E-state index is 0.300. The first kappa shape index (κ1) is 17.8. The number of aliphatic hydroxyl groups excluding tert-OH is 1. The summed E-state index contributed by atoms with van der Waals surface area (Å²) in [6.07, 6.45) is 1.66. The van der Waals surface area contributed by atoms with Crippen molar-refractivity contribution in [3.05, 3.63) is 24.3 Å². The lowest BCUT2D eigenvalue weighted by molar-refractivity contribution is 0.00749. The summed E-state index contributed by atoms with van der Waals surface area (Å²) in [5, 5.41) is 13.0. The first-order chi connectivity index (χ1) is 10.3. The first-order valence-electron chi connectivity index (χ1n) is 7.47. The van der Waals surface area contributed by atoms with Gasteiger partial charge in [-0.1, -0.05) is 19.4 Å². The molecule has 0 heterocycles. The highest BCUT2D eigenvalue weighted by Gasteiger charge is 2.04. The lowest BCUT2D eigenvalue weighted by Crippen LogP contribution is -2.25. The van der Waals surface area contributed by atoms with Gasteiger partial charge in [0.1, 0.15) is 5.75 Å². The Morgan fingerprint density at radius 1 is 1.19 bits per heavy atom. The van der Waals surface area contributed by atoms with Crippen LogP contribution >= 0.6 is 0 Å². The van der Waals surface area contributed by atoms with Crippen molar-refractivity contribution in [3.63, 3.8) is 0 Å². The van der Waals surface area contributed by atoms with E-state index in [1.807, 2.05) is 24.3 Å². The molecule has 0 aliphatic heterocycles. The van der Waals surface area contributed by atoms with Crippen molar-refractivity contribution < 1.29 is 19.3 Å². The van der Waals surface area contributed by atoms with Crippen molar-refractivity contribution in [2.24, 2.45) is 0 Å². The van der Waals surface area contributed by atoms with Crippen molar-refractivity contribution in [2.75, 3.05) is 45.4 Å². The molecule has 0 aliphatic rings. The van der Waals surface area contributed by atoms with Gasteiger partial charge in [0.25, 0.3) is 0 Å². The SMILES string of the molecule is CCCCOCCOCC(O)CNc1cccc(OC)c1. The quantitative estimate of drug-likeness (QED) is 0.580. The molecule has 5 nitrogen and oxygen atoms in total. The average Bonchev–Trinajstić information content (AvgIpc) is 2.52. The van der Waals surface area contributed by atoms with E-state index < -0.39 is 6.10 Å². The fourth-order valence-corrected chi connectivity index (χ4v) is 1.71. The molecule has 0 radical (unpaired) electrons. The van der Waals surface area contributed by atoms with Crippen LogP contribution in [0.1, 0.15) is 19.8 Å². The van der Waals surface area contributed by atoms with E-state index in [4.69, 9.17) is 14.2 Å². The summed E-state index contributed by atoms with van der Waals surface area (Å²) in [6.45, 7) is 4.74. The average molecular weight is 297 g/mol. The number of ether oxygens (including phenoxy) is 3. The van der Waals surface area contributed by atoms with Crippen LogP contribution in [0.5, 0.6) is 5.75 Å². The summed E-state index contributed by atoms with van der Waals surface area (Å²) in [6, 6.07) is 7.59. The summed E-state index contributed by atoms with van der Waals surface area (Å²) in [5.74, 6) is 0.787. The van der Waals surface area contributed by atoms with Gasteiger partial charge in [0.05, 0.1) is 33.0 Å². The van der Waals surface area contributed by atoms with Crippen LogP contribution in [0.3, 0.4) is 0 Å². The van der Waals surface area contributed by atoms with E-state index in [0.29, 0.717) is 26.4 Å². The van der Waals surface area contributed by atoms with Gasteiger partial charge >= 0.3 is 0 Å². The predicted molar refractivity (Wildman–Crippen MR) is 84.0 cm³/mol. The van der Waals surface area contributed by atoms with Crippen LogP contribution in [0.4, 0.5) is 5.69 Å². The van der Waals surface area contributed by atoms with Gasteiger partial charge in [0.15, 0.2) is 0 Å². The van der Waals surface area contributed by atoms with E-state index in [-0.39, 0.29) is 0 Å². The van der Waals surface area contributed by atoms with Gasteiger partial charge in [-0.15, -0.1) is 0 Å². The van der Waals surface area contributed by atoms with Gasteiger partial charge in [-0.05, 0) is 18.6 Å². The Hall–Kier alpha value is -1.30. The van der Waals surface area contributed by atoms with E-state index in [0.717, 1.165) is 30.9 Å². The molecule has 1 aromatic rings. The molecule has 1 atom stereocenters. The molecule has 21 heavy (non-hydrogen) atoms. The summed E-state index contributed by atoms with van der Waals surface area (Å²) < 4.78 is 15.9. The Balaban J connectivity index is 2.06. The van der Waals surface area contributed by atoms with E-state index >= 15 is 0 Å². The van der Waals surface area contributed by atoms with Crippen LogP contribution in [-0.2, 0) is 9.47 Å². The lowest BCUT2D eigenvalue weighted by atomic mass is 10.3. The summed E-state index contributed by atoms with van der Waals surface area (Å²) in [7, 11) is 1.63. The number of methoxy groups -OCH3 is 1. The van der Waals surface area contributed by atoms with Crippen molar-refractivity contribution >= 4 is 5.69 Å². The summed E-state index contributed by atoms with van der Waals surface area (Å²) >= 11 is 0. The van der Waals surface area contributed by atoms with Crippen molar-refractivity contribution in [1.82, 2.24) is 0 Å². The maximum Gasteiger partial charge on any atom is 0.120 e. The molecule has 0 aromatic heterocycles. The van der Waals surface area contributed by atoms with Gasteiger partial charge in [0, 0.05) is 24.9 Å². The number of rotatable bonds is 12. The number of unbranched alkanes of at least 4 members (excludes halogenated alkanes) is 1. The van der Waals surface area contributed by atoms with Gasteiger partial charge in [-0.3, -0.25) is 0 Å². The maximum atomic E-state index is 9.82. The van der Waals surface area contributed by atoms with Crippen molar-refractivity contribution in [1.29, 1.82) is 0 Å². The lowest BCUT2D eigenvalue weighted by Gasteiger charge is -2.14. The predicted octanol–water partition coefficient (Wildman–Crippen LogP) is 2.30. The highest BCUT2D eigenvalue weighted by molar-refractivity contribution is 5.48. The topological polar surface area (TPSA) is 60.0 Å². The molecule has 0 aliphatic carbocycles. The van der Waals surface area contributed by atoms with E-state index in [9.17, 15) is 5.11 Å². The fraction of sp³-hybridized carbons (Fsp3) is 0.625. The number of aliphatic hydroxyl groups is 1. The van der Waals surface area contributed by atoms with E-state index in [2.05, 4.69) is 12.2 Å². The molecule has 0 spiro atoms. The van der Waals surface area contributed by atoms with E-state index in [1.54, 1.807) is 7.11 Å². The molecule has 120 valence electrons. The Morgan fingerprint density at radius 3 is 2.76 bits per heavy atom. The van der Waals surface area contributed by atoms with Crippen molar-refractivity contribution in [3.8, 4) is 5.75 Å². The van der Waals surface area contributed by atoms with Crippen LogP contribution < -0.4 is 10.1 Å².